The number of benzene rings is 3. The number of carbonyl (C=O) groups is 1. The number of Topliss-reactive ketones (excluding diaryl/α,β-unsaturated/α-hetero) is 1. The Morgan fingerprint density at radius 1 is 0.788 bits per heavy atom. The Bertz CT molecular complexity index is 1160. The van der Waals surface area contributed by atoms with Crippen LogP contribution in [-0.4, -0.2) is 33.6 Å². The molecule has 2 heterocycles. The molecule has 1 fully saturated rings. The molecule has 1 aromatic heterocycles. The van der Waals surface area contributed by atoms with E-state index >= 15 is 0 Å². The van der Waals surface area contributed by atoms with Crippen LogP contribution in [0, 0.1) is 0 Å². The minimum absolute atomic E-state index is 0.204. The molecule has 0 radical (unpaired) electrons. The van der Waals surface area contributed by atoms with Crippen molar-refractivity contribution in [1.29, 1.82) is 0 Å². The van der Waals surface area contributed by atoms with Gasteiger partial charge in [0.05, 0.1) is 11.2 Å². The van der Waals surface area contributed by atoms with Gasteiger partial charge in [0, 0.05) is 38.3 Å². The van der Waals surface area contributed by atoms with Gasteiger partial charge in [-0.3, -0.25) is 14.4 Å². The van der Waals surface area contributed by atoms with Gasteiger partial charge in [0.15, 0.2) is 5.78 Å². The van der Waals surface area contributed by atoms with Gasteiger partial charge in [-0.05, 0) is 28.8 Å². The zero-order valence-corrected chi connectivity index (χ0v) is 18.8. The second kappa shape index (κ2) is 9.00. The first-order valence-electron chi connectivity index (χ1n) is 11.3. The molecule has 0 bridgehead atoms. The second-order valence-corrected chi connectivity index (χ2v) is 8.45. The van der Waals surface area contributed by atoms with Gasteiger partial charge in [0.1, 0.15) is 0 Å². The first-order chi connectivity index (χ1) is 16.2. The fourth-order valence-electron chi connectivity index (χ4n) is 4.97. The summed E-state index contributed by atoms with van der Waals surface area (Å²) in [6.45, 7) is 1.24. The first kappa shape index (κ1) is 21.1. The Labute approximate surface area is 194 Å². The summed E-state index contributed by atoms with van der Waals surface area (Å²) in [6, 6.07) is 33.8. The van der Waals surface area contributed by atoms with Crippen LogP contribution in [-0.2, 0) is 17.4 Å². The molecule has 0 saturated carbocycles. The molecule has 1 aliphatic rings. The van der Waals surface area contributed by atoms with Crippen LogP contribution >= 0.6 is 0 Å². The minimum atomic E-state index is -0.518. The topological polar surface area (TPSA) is 38.1 Å². The van der Waals surface area contributed by atoms with Crippen molar-refractivity contribution < 1.29 is 4.79 Å². The van der Waals surface area contributed by atoms with Gasteiger partial charge < -0.3 is 0 Å². The van der Waals surface area contributed by atoms with Crippen molar-refractivity contribution in [2.75, 3.05) is 13.1 Å². The van der Waals surface area contributed by atoms with E-state index in [1.54, 1.807) is 10.9 Å². The first-order valence-corrected chi connectivity index (χ1v) is 11.3. The van der Waals surface area contributed by atoms with Gasteiger partial charge in [0.2, 0.25) is 0 Å². The largest absolute Gasteiger partial charge is 0.294 e. The molecule has 0 spiro atoms. The highest BCUT2D eigenvalue weighted by Gasteiger charge is 2.44. The summed E-state index contributed by atoms with van der Waals surface area (Å²) in [4.78, 5) is 15.4. The number of aryl methyl sites for hydroxylation is 1. The van der Waals surface area contributed by atoms with E-state index in [4.69, 9.17) is 0 Å². The SMILES string of the molecule is Cn1nccc1C=C1CN(C(c2ccccc2)(c2ccccc2)c2ccccc2)CCC1=O. The lowest BCUT2D eigenvalue weighted by atomic mass is 9.74. The lowest BCUT2D eigenvalue weighted by Gasteiger charge is -2.47. The Morgan fingerprint density at radius 3 is 1.76 bits per heavy atom. The molecule has 1 saturated heterocycles. The van der Waals surface area contributed by atoms with Crippen molar-refractivity contribution in [3.8, 4) is 0 Å². The van der Waals surface area contributed by atoms with Gasteiger partial charge in [-0.2, -0.15) is 5.10 Å². The number of likely N-dealkylation sites (tertiary alicyclic amines) is 1. The molecule has 4 heteroatoms. The minimum Gasteiger partial charge on any atom is -0.294 e. The van der Waals surface area contributed by atoms with E-state index in [9.17, 15) is 4.79 Å². The summed E-state index contributed by atoms with van der Waals surface area (Å²) in [5, 5.41) is 4.26. The predicted octanol–water partition coefficient (Wildman–Crippen LogP) is 5.07. The van der Waals surface area contributed by atoms with Crippen molar-refractivity contribution in [2.24, 2.45) is 7.05 Å². The van der Waals surface area contributed by atoms with Crippen LogP contribution in [0.3, 0.4) is 0 Å². The summed E-state index contributed by atoms with van der Waals surface area (Å²) < 4.78 is 1.80. The van der Waals surface area contributed by atoms with Crippen molar-refractivity contribution in [1.82, 2.24) is 14.7 Å². The summed E-state index contributed by atoms with van der Waals surface area (Å²) in [7, 11) is 1.90. The number of nitrogens with zero attached hydrogens (tertiary/aromatic N) is 3. The Morgan fingerprint density at radius 2 is 1.30 bits per heavy atom. The molecule has 4 aromatic rings. The number of ketones is 1. The van der Waals surface area contributed by atoms with Crippen LogP contribution in [0.25, 0.3) is 6.08 Å². The molecule has 5 rings (SSSR count). The van der Waals surface area contributed by atoms with Crippen LogP contribution in [0.4, 0.5) is 0 Å². The highest BCUT2D eigenvalue weighted by Crippen LogP contribution is 2.43. The summed E-state index contributed by atoms with van der Waals surface area (Å²) >= 11 is 0. The third kappa shape index (κ3) is 3.83. The number of carbonyl (C=O) groups excluding carboxylic acids is 1. The van der Waals surface area contributed by atoms with E-state index in [-0.39, 0.29) is 5.78 Å². The Balaban J connectivity index is 1.72. The number of rotatable bonds is 5. The van der Waals surface area contributed by atoms with E-state index in [0.717, 1.165) is 11.3 Å². The average Bonchev–Trinajstić information content (AvgIpc) is 3.28. The molecule has 0 atom stereocenters. The van der Waals surface area contributed by atoms with E-state index in [2.05, 4.69) is 101 Å². The summed E-state index contributed by atoms with van der Waals surface area (Å²) in [6.07, 6.45) is 4.24. The molecule has 1 aliphatic heterocycles. The van der Waals surface area contributed by atoms with Crippen molar-refractivity contribution in [3.63, 3.8) is 0 Å². The molecule has 0 unspecified atom stereocenters. The second-order valence-electron chi connectivity index (χ2n) is 8.45. The van der Waals surface area contributed by atoms with Crippen molar-refractivity contribution in [3.05, 3.63) is 131 Å². The predicted molar refractivity (Wildman–Crippen MR) is 132 cm³/mol. The molecular weight excluding hydrogens is 406 g/mol. The molecule has 4 nitrogen and oxygen atoms in total. The van der Waals surface area contributed by atoms with Gasteiger partial charge in [-0.1, -0.05) is 91.0 Å². The molecule has 0 aliphatic carbocycles. The lowest BCUT2D eigenvalue weighted by Crippen LogP contribution is -2.52. The lowest BCUT2D eigenvalue weighted by molar-refractivity contribution is -0.117. The maximum Gasteiger partial charge on any atom is 0.161 e. The van der Waals surface area contributed by atoms with Gasteiger partial charge >= 0.3 is 0 Å². The fraction of sp³-hybridized carbons (Fsp3) is 0.172. The van der Waals surface area contributed by atoms with E-state index in [0.29, 0.717) is 19.5 Å². The monoisotopic (exact) mass is 433 g/mol. The fourth-order valence-corrected chi connectivity index (χ4v) is 4.97. The molecule has 164 valence electrons. The number of piperidine rings is 1. The van der Waals surface area contributed by atoms with E-state index < -0.39 is 5.54 Å². The quantitative estimate of drug-likeness (QED) is 0.326. The Kier molecular flexibility index (Phi) is 5.76. The van der Waals surface area contributed by atoms with Crippen LogP contribution < -0.4 is 0 Å². The van der Waals surface area contributed by atoms with Gasteiger partial charge in [-0.15, -0.1) is 0 Å². The molecule has 0 amide bonds. The van der Waals surface area contributed by atoms with Crippen LogP contribution in [0.2, 0.25) is 0 Å². The standard InChI is InChI=1S/C29H27N3O/c1-31-27(17-19-30-31)21-23-22-32(20-18-28(23)33)29(24-11-5-2-6-12-24,25-13-7-3-8-14-25)26-15-9-4-10-16-26/h2-17,19,21H,18,20,22H2,1H3. The molecule has 3 aromatic carbocycles. The maximum absolute atomic E-state index is 13.0. The third-order valence-electron chi connectivity index (χ3n) is 6.56. The zero-order chi connectivity index (χ0) is 22.7. The molecule has 0 N–H and O–H groups in total. The van der Waals surface area contributed by atoms with Crippen LogP contribution in [0.15, 0.2) is 109 Å². The molecule has 33 heavy (non-hydrogen) atoms. The maximum atomic E-state index is 13.0. The average molecular weight is 434 g/mol. The zero-order valence-electron chi connectivity index (χ0n) is 18.8. The number of aromatic nitrogens is 2. The number of hydrogen-bond donors (Lipinski definition) is 0. The van der Waals surface area contributed by atoms with Crippen molar-refractivity contribution in [2.45, 2.75) is 12.0 Å². The van der Waals surface area contributed by atoms with Crippen LogP contribution in [0.1, 0.15) is 28.8 Å². The summed E-state index contributed by atoms with van der Waals surface area (Å²) in [5.41, 5.74) is 4.81. The molecular formula is C29H27N3O. The van der Waals surface area contributed by atoms with Gasteiger partial charge in [-0.25, -0.2) is 0 Å². The Hall–Kier alpha value is -3.76. The van der Waals surface area contributed by atoms with Gasteiger partial charge in [0.25, 0.3) is 0 Å². The van der Waals surface area contributed by atoms with E-state index in [1.165, 1.54) is 16.7 Å². The van der Waals surface area contributed by atoms with E-state index in [1.807, 2.05) is 19.2 Å². The highest BCUT2D eigenvalue weighted by molar-refractivity contribution is 6.00. The smallest absolute Gasteiger partial charge is 0.161 e. The van der Waals surface area contributed by atoms with Crippen molar-refractivity contribution >= 4 is 11.9 Å². The number of hydrogen-bond acceptors (Lipinski definition) is 3. The third-order valence-corrected chi connectivity index (χ3v) is 6.56. The normalized spacial score (nSPS) is 16.3. The van der Waals surface area contributed by atoms with Crippen LogP contribution in [0.5, 0.6) is 0 Å². The summed E-state index contributed by atoms with van der Waals surface area (Å²) in [5.74, 6) is 0.204. The highest BCUT2D eigenvalue weighted by atomic mass is 16.1.